The van der Waals surface area contributed by atoms with Crippen LogP contribution in [-0.4, -0.2) is 34.0 Å². The Morgan fingerprint density at radius 1 is 1.32 bits per heavy atom. The summed E-state index contributed by atoms with van der Waals surface area (Å²) in [6.45, 7) is 3.93. The summed E-state index contributed by atoms with van der Waals surface area (Å²) in [6.07, 6.45) is 6.81. The average molecular weight is 262 g/mol. The Bertz CT molecular complexity index is 409. The lowest BCUT2D eigenvalue weighted by Crippen LogP contribution is -2.31. The van der Waals surface area contributed by atoms with E-state index in [9.17, 15) is 4.79 Å². The van der Waals surface area contributed by atoms with Crippen molar-refractivity contribution in [1.82, 2.24) is 9.88 Å². The summed E-state index contributed by atoms with van der Waals surface area (Å²) in [5.74, 6) is -0.741. The highest BCUT2D eigenvalue weighted by molar-refractivity contribution is 5.67. The minimum absolute atomic E-state index is 0.0382. The van der Waals surface area contributed by atoms with Gasteiger partial charge in [-0.2, -0.15) is 0 Å². The second-order valence-electron chi connectivity index (χ2n) is 5.30. The second kappa shape index (κ2) is 6.66. The minimum atomic E-state index is -0.741. The Kier molecular flexibility index (Phi) is 4.91. The number of nitrogens with zero attached hydrogens (tertiary/aromatic N) is 2. The maximum Gasteiger partial charge on any atom is 0.305 e. The van der Waals surface area contributed by atoms with Crippen LogP contribution in [0.4, 0.5) is 0 Å². The molecule has 1 saturated heterocycles. The standard InChI is InChI=1S/C15H22N2O2/c1-12-6-7-13(11-16-12)14(10-15(18)19)17-8-4-2-3-5-9-17/h6-7,11,14H,2-5,8-10H2,1H3,(H,18,19). The molecule has 0 radical (unpaired) electrons. The van der Waals surface area contributed by atoms with Crippen molar-refractivity contribution < 1.29 is 9.90 Å². The molecule has 1 aromatic rings. The fourth-order valence-corrected chi connectivity index (χ4v) is 2.71. The number of hydrogen-bond acceptors (Lipinski definition) is 3. The SMILES string of the molecule is Cc1ccc(C(CC(=O)O)N2CCCCCC2)cn1. The molecule has 0 spiro atoms. The topological polar surface area (TPSA) is 53.4 Å². The third kappa shape index (κ3) is 4.03. The van der Waals surface area contributed by atoms with Gasteiger partial charge < -0.3 is 5.11 Å². The molecule has 0 bridgehead atoms. The maximum atomic E-state index is 11.1. The largest absolute Gasteiger partial charge is 0.481 e. The van der Waals surface area contributed by atoms with Gasteiger partial charge in [-0.3, -0.25) is 14.7 Å². The fourth-order valence-electron chi connectivity index (χ4n) is 2.71. The van der Waals surface area contributed by atoms with E-state index in [1.165, 1.54) is 12.8 Å². The molecule has 1 aliphatic heterocycles. The van der Waals surface area contributed by atoms with Gasteiger partial charge in [0.1, 0.15) is 0 Å². The Morgan fingerprint density at radius 2 is 2.00 bits per heavy atom. The van der Waals surface area contributed by atoms with Crippen LogP contribution in [0.5, 0.6) is 0 Å². The van der Waals surface area contributed by atoms with Crippen LogP contribution in [0.3, 0.4) is 0 Å². The summed E-state index contributed by atoms with van der Waals surface area (Å²) in [6, 6.07) is 3.94. The van der Waals surface area contributed by atoms with Gasteiger partial charge >= 0.3 is 5.97 Å². The highest BCUT2D eigenvalue weighted by atomic mass is 16.4. The molecule has 4 heteroatoms. The van der Waals surface area contributed by atoms with Crippen molar-refractivity contribution in [3.05, 3.63) is 29.6 Å². The summed E-state index contributed by atoms with van der Waals surface area (Å²) < 4.78 is 0. The zero-order valence-electron chi connectivity index (χ0n) is 11.5. The molecule has 0 aromatic carbocycles. The van der Waals surface area contributed by atoms with Gasteiger partial charge in [0.2, 0.25) is 0 Å². The van der Waals surface area contributed by atoms with E-state index in [2.05, 4.69) is 9.88 Å². The van der Waals surface area contributed by atoms with E-state index in [1.54, 1.807) is 0 Å². The first-order valence-corrected chi connectivity index (χ1v) is 7.05. The molecule has 1 fully saturated rings. The lowest BCUT2D eigenvalue weighted by molar-refractivity contribution is -0.138. The normalized spacial score (nSPS) is 18.8. The van der Waals surface area contributed by atoms with E-state index in [1.807, 2.05) is 25.3 Å². The number of hydrogen-bond donors (Lipinski definition) is 1. The van der Waals surface area contributed by atoms with Crippen LogP contribution in [0.1, 0.15) is 49.4 Å². The van der Waals surface area contributed by atoms with Gasteiger partial charge in [0.25, 0.3) is 0 Å². The van der Waals surface area contributed by atoms with E-state index in [0.717, 1.165) is 37.2 Å². The molecule has 0 aliphatic carbocycles. The molecule has 1 unspecified atom stereocenters. The number of aromatic nitrogens is 1. The first kappa shape index (κ1) is 14.0. The van der Waals surface area contributed by atoms with E-state index >= 15 is 0 Å². The van der Waals surface area contributed by atoms with E-state index in [4.69, 9.17) is 5.11 Å². The van der Waals surface area contributed by atoms with Crippen molar-refractivity contribution in [2.45, 2.75) is 45.1 Å². The first-order valence-electron chi connectivity index (χ1n) is 7.05. The van der Waals surface area contributed by atoms with E-state index in [-0.39, 0.29) is 12.5 Å². The number of aliphatic carboxylic acids is 1. The summed E-state index contributed by atoms with van der Waals surface area (Å²) in [5.41, 5.74) is 1.99. The fraction of sp³-hybridized carbons (Fsp3) is 0.600. The van der Waals surface area contributed by atoms with Gasteiger partial charge in [0.15, 0.2) is 0 Å². The van der Waals surface area contributed by atoms with Gasteiger partial charge in [-0.05, 0) is 44.5 Å². The van der Waals surface area contributed by atoms with Crippen molar-refractivity contribution in [2.24, 2.45) is 0 Å². The zero-order chi connectivity index (χ0) is 13.7. The molecule has 4 nitrogen and oxygen atoms in total. The van der Waals surface area contributed by atoms with Crippen molar-refractivity contribution in [2.75, 3.05) is 13.1 Å². The number of pyridine rings is 1. The van der Waals surface area contributed by atoms with Crippen LogP contribution in [0.2, 0.25) is 0 Å². The van der Waals surface area contributed by atoms with Gasteiger partial charge in [-0.1, -0.05) is 18.9 Å². The van der Waals surface area contributed by atoms with Crippen molar-refractivity contribution in [3.63, 3.8) is 0 Å². The third-order valence-electron chi connectivity index (χ3n) is 3.77. The second-order valence-corrected chi connectivity index (χ2v) is 5.30. The Morgan fingerprint density at radius 3 is 2.53 bits per heavy atom. The van der Waals surface area contributed by atoms with Crippen LogP contribution in [-0.2, 0) is 4.79 Å². The number of rotatable bonds is 4. The van der Waals surface area contributed by atoms with Crippen molar-refractivity contribution >= 4 is 5.97 Å². The summed E-state index contributed by atoms with van der Waals surface area (Å²) in [7, 11) is 0. The number of likely N-dealkylation sites (tertiary alicyclic amines) is 1. The Labute approximate surface area is 114 Å². The zero-order valence-corrected chi connectivity index (χ0v) is 11.5. The monoisotopic (exact) mass is 262 g/mol. The molecule has 1 aliphatic rings. The summed E-state index contributed by atoms with van der Waals surface area (Å²) in [4.78, 5) is 17.8. The highest BCUT2D eigenvalue weighted by Gasteiger charge is 2.24. The Hall–Kier alpha value is -1.42. The molecule has 0 amide bonds. The van der Waals surface area contributed by atoms with Crippen LogP contribution in [0.25, 0.3) is 0 Å². The van der Waals surface area contributed by atoms with Gasteiger partial charge in [-0.15, -0.1) is 0 Å². The van der Waals surface area contributed by atoms with E-state index in [0.29, 0.717) is 0 Å². The molecule has 1 atom stereocenters. The molecular formula is C15H22N2O2. The molecule has 2 heterocycles. The predicted octanol–water partition coefficient (Wildman–Crippen LogP) is 2.78. The van der Waals surface area contributed by atoms with Gasteiger partial charge in [-0.25, -0.2) is 0 Å². The molecule has 1 aromatic heterocycles. The first-order chi connectivity index (χ1) is 9.16. The van der Waals surface area contributed by atoms with Gasteiger partial charge in [0.05, 0.1) is 6.42 Å². The van der Waals surface area contributed by atoms with Crippen molar-refractivity contribution in [3.8, 4) is 0 Å². The molecule has 2 rings (SSSR count). The van der Waals surface area contributed by atoms with Crippen LogP contribution < -0.4 is 0 Å². The Balaban J connectivity index is 2.18. The lowest BCUT2D eigenvalue weighted by Gasteiger charge is -2.29. The smallest absolute Gasteiger partial charge is 0.305 e. The summed E-state index contributed by atoms with van der Waals surface area (Å²) >= 11 is 0. The number of carboxylic acid groups (broad SMARTS) is 1. The molecule has 1 N–H and O–H groups in total. The molecule has 0 saturated carbocycles. The third-order valence-corrected chi connectivity index (χ3v) is 3.77. The molecule has 104 valence electrons. The average Bonchev–Trinajstić information content (AvgIpc) is 2.65. The number of carboxylic acids is 1. The quantitative estimate of drug-likeness (QED) is 0.906. The van der Waals surface area contributed by atoms with Crippen LogP contribution >= 0.6 is 0 Å². The van der Waals surface area contributed by atoms with Gasteiger partial charge in [0, 0.05) is 17.9 Å². The van der Waals surface area contributed by atoms with Crippen LogP contribution in [0.15, 0.2) is 18.3 Å². The van der Waals surface area contributed by atoms with E-state index < -0.39 is 5.97 Å². The summed E-state index contributed by atoms with van der Waals surface area (Å²) in [5, 5.41) is 9.15. The van der Waals surface area contributed by atoms with Crippen molar-refractivity contribution in [1.29, 1.82) is 0 Å². The maximum absolute atomic E-state index is 11.1. The molecule has 19 heavy (non-hydrogen) atoms. The van der Waals surface area contributed by atoms with Crippen LogP contribution in [0, 0.1) is 6.92 Å². The lowest BCUT2D eigenvalue weighted by atomic mass is 10.0. The minimum Gasteiger partial charge on any atom is -0.481 e. The number of aryl methyl sites for hydroxylation is 1. The predicted molar refractivity (Wildman–Crippen MR) is 74.0 cm³/mol. The number of carbonyl (C=O) groups is 1. The molecular weight excluding hydrogens is 240 g/mol. The highest BCUT2D eigenvalue weighted by Crippen LogP contribution is 2.26.